The molecule has 4 heteroatoms. The molecular weight excluding hydrogens is 256 g/mol. The zero-order valence-electron chi connectivity index (χ0n) is 10.8. The Labute approximate surface area is 116 Å². The van der Waals surface area contributed by atoms with Crippen molar-refractivity contribution >= 4 is 5.97 Å². The normalized spacial score (nSPS) is 16.3. The summed E-state index contributed by atoms with van der Waals surface area (Å²) in [7, 11) is 0. The Hall–Kier alpha value is -2.49. The van der Waals surface area contributed by atoms with E-state index < -0.39 is 12.1 Å². The third kappa shape index (κ3) is 2.59. The minimum absolute atomic E-state index is 0.406. The van der Waals surface area contributed by atoms with Gasteiger partial charge in [0.25, 0.3) is 0 Å². The van der Waals surface area contributed by atoms with Crippen molar-refractivity contribution in [2.24, 2.45) is 0 Å². The van der Waals surface area contributed by atoms with Crippen LogP contribution in [-0.2, 0) is 17.8 Å². The van der Waals surface area contributed by atoms with Crippen LogP contribution in [0.25, 0.3) is 0 Å². The van der Waals surface area contributed by atoms with Gasteiger partial charge in [0.05, 0.1) is 0 Å². The number of carbonyl (C=O) groups is 1. The van der Waals surface area contributed by atoms with Gasteiger partial charge in [0.1, 0.15) is 18.1 Å². The van der Waals surface area contributed by atoms with Crippen LogP contribution in [0.2, 0.25) is 0 Å². The first-order chi connectivity index (χ1) is 9.72. The summed E-state index contributed by atoms with van der Waals surface area (Å²) in [5, 5.41) is 8.95. The monoisotopic (exact) mass is 270 g/mol. The van der Waals surface area contributed by atoms with Gasteiger partial charge >= 0.3 is 5.97 Å². The number of aliphatic carboxylic acids is 1. The van der Waals surface area contributed by atoms with Gasteiger partial charge in [-0.25, -0.2) is 4.79 Å². The molecule has 0 radical (unpaired) electrons. The van der Waals surface area contributed by atoms with Crippen LogP contribution < -0.4 is 9.47 Å². The largest absolute Gasteiger partial charge is 0.489 e. The Morgan fingerprint density at radius 3 is 2.80 bits per heavy atom. The first kappa shape index (κ1) is 12.5. The zero-order valence-corrected chi connectivity index (χ0v) is 10.8. The van der Waals surface area contributed by atoms with Crippen molar-refractivity contribution < 1.29 is 19.4 Å². The van der Waals surface area contributed by atoms with Crippen LogP contribution in [0.1, 0.15) is 11.1 Å². The number of benzene rings is 2. The third-order valence-corrected chi connectivity index (χ3v) is 3.24. The second kappa shape index (κ2) is 5.25. The summed E-state index contributed by atoms with van der Waals surface area (Å²) in [6.45, 7) is 0.474. The van der Waals surface area contributed by atoms with E-state index in [1.165, 1.54) is 0 Å². The number of hydrogen-bond donors (Lipinski definition) is 1. The number of carboxylic acids is 1. The molecule has 4 nitrogen and oxygen atoms in total. The van der Waals surface area contributed by atoms with E-state index in [0.717, 1.165) is 11.1 Å². The van der Waals surface area contributed by atoms with Gasteiger partial charge in [-0.1, -0.05) is 36.4 Å². The molecule has 0 spiro atoms. The summed E-state index contributed by atoms with van der Waals surface area (Å²) in [5.74, 6) is 0.342. The minimum atomic E-state index is -0.937. The lowest BCUT2D eigenvalue weighted by Gasteiger charge is -2.08. The van der Waals surface area contributed by atoms with Gasteiger partial charge in [-0.05, 0) is 17.2 Å². The maximum Gasteiger partial charge on any atom is 0.345 e. The molecule has 1 N–H and O–H groups in total. The zero-order chi connectivity index (χ0) is 13.9. The van der Waals surface area contributed by atoms with Gasteiger partial charge in [0.2, 0.25) is 0 Å². The SMILES string of the molecule is O=C(O)C1Cc2ccc(OCc3ccccc3)cc2O1. The Kier molecular flexibility index (Phi) is 3.29. The predicted octanol–water partition coefficient (Wildman–Crippen LogP) is 2.65. The Morgan fingerprint density at radius 2 is 2.05 bits per heavy atom. The van der Waals surface area contributed by atoms with Crippen LogP contribution in [0.15, 0.2) is 48.5 Å². The maximum absolute atomic E-state index is 10.9. The van der Waals surface area contributed by atoms with Crippen LogP contribution in [-0.4, -0.2) is 17.2 Å². The van der Waals surface area contributed by atoms with Gasteiger partial charge in [-0.15, -0.1) is 0 Å². The summed E-state index contributed by atoms with van der Waals surface area (Å²) in [6, 6.07) is 15.3. The highest BCUT2D eigenvalue weighted by molar-refractivity contribution is 5.74. The molecule has 0 bridgehead atoms. The van der Waals surface area contributed by atoms with E-state index in [4.69, 9.17) is 14.6 Å². The fourth-order valence-corrected chi connectivity index (χ4v) is 2.18. The highest BCUT2D eigenvalue weighted by Gasteiger charge is 2.28. The smallest absolute Gasteiger partial charge is 0.345 e. The van der Waals surface area contributed by atoms with Crippen molar-refractivity contribution in [3.8, 4) is 11.5 Å². The average Bonchev–Trinajstić information content (AvgIpc) is 2.89. The fraction of sp³-hybridized carbons (Fsp3) is 0.188. The van der Waals surface area contributed by atoms with Crippen LogP contribution in [0, 0.1) is 0 Å². The Balaban J connectivity index is 1.68. The molecule has 0 saturated heterocycles. The average molecular weight is 270 g/mol. The number of ether oxygens (including phenoxy) is 2. The molecule has 1 heterocycles. The first-order valence-electron chi connectivity index (χ1n) is 6.41. The van der Waals surface area contributed by atoms with Gasteiger partial charge < -0.3 is 14.6 Å². The van der Waals surface area contributed by atoms with Gasteiger partial charge in [0, 0.05) is 12.5 Å². The molecule has 0 aromatic heterocycles. The van der Waals surface area contributed by atoms with E-state index >= 15 is 0 Å². The van der Waals surface area contributed by atoms with Crippen LogP contribution in [0.3, 0.4) is 0 Å². The van der Waals surface area contributed by atoms with E-state index in [1.54, 1.807) is 6.07 Å². The van der Waals surface area contributed by atoms with Crippen molar-refractivity contribution in [2.75, 3.05) is 0 Å². The molecule has 1 unspecified atom stereocenters. The summed E-state index contributed by atoms with van der Waals surface area (Å²) in [6.07, 6.45) is -0.377. The molecule has 20 heavy (non-hydrogen) atoms. The molecule has 0 fully saturated rings. The third-order valence-electron chi connectivity index (χ3n) is 3.24. The molecule has 1 aliphatic rings. The highest BCUT2D eigenvalue weighted by Crippen LogP contribution is 2.32. The molecule has 1 aliphatic heterocycles. The first-order valence-corrected chi connectivity index (χ1v) is 6.41. The summed E-state index contributed by atoms with van der Waals surface area (Å²) in [4.78, 5) is 10.9. The standard InChI is InChI=1S/C16H14O4/c17-16(18)15-8-12-6-7-13(9-14(12)20-15)19-10-11-4-2-1-3-5-11/h1-7,9,15H,8,10H2,(H,17,18). The molecule has 0 amide bonds. The van der Waals surface area contributed by atoms with Gasteiger partial charge in [-0.2, -0.15) is 0 Å². The lowest BCUT2D eigenvalue weighted by atomic mass is 10.1. The summed E-state index contributed by atoms with van der Waals surface area (Å²) >= 11 is 0. The van der Waals surface area contributed by atoms with E-state index in [0.29, 0.717) is 24.5 Å². The summed E-state index contributed by atoms with van der Waals surface area (Å²) < 4.78 is 11.1. The molecule has 1 atom stereocenters. The topological polar surface area (TPSA) is 55.8 Å². The van der Waals surface area contributed by atoms with Crippen LogP contribution in [0.4, 0.5) is 0 Å². The quantitative estimate of drug-likeness (QED) is 0.928. The maximum atomic E-state index is 10.9. The number of fused-ring (bicyclic) bond motifs is 1. The Bertz CT molecular complexity index is 622. The van der Waals surface area contributed by atoms with Crippen molar-refractivity contribution in [1.82, 2.24) is 0 Å². The molecular formula is C16H14O4. The van der Waals surface area contributed by atoms with Crippen LogP contribution >= 0.6 is 0 Å². The van der Waals surface area contributed by atoms with Crippen molar-refractivity contribution in [1.29, 1.82) is 0 Å². The van der Waals surface area contributed by atoms with E-state index in [9.17, 15) is 4.79 Å². The number of carboxylic acid groups (broad SMARTS) is 1. The van der Waals surface area contributed by atoms with E-state index in [1.807, 2.05) is 42.5 Å². The van der Waals surface area contributed by atoms with Crippen molar-refractivity contribution in [3.05, 3.63) is 59.7 Å². The van der Waals surface area contributed by atoms with E-state index in [-0.39, 0.29) is 0 Å². The van der Waals surface area contributed by atoms with Gasteiger partial charge in [-0.3, -0.25) is 0 Å². The van der Waals surface area contributed by atoms with Crippen molar-refractivity contribution in [3.63, 3.8) is 0 Å². The lowest BCUT2D eigenvalue weighted by molar-refractivity contribution is -0.144. The molecule has 3 rings (SSSR count). The van der Waals surface area contributed by atoms with Crippen LogP contribution in [0.5, 0.6) is 11.5 Å². The lowest BCUT2D eigenvalue weighted by Crippen LogP contribution is -2.24. The Morgan fingerprint density at radius 1 is 1.25 bits per heavy atom. The molecule has 2 aromatic rings. The predicted molar refractivity (Wildman–Crippen MR) is 73.0 cm³/mol. The number of hydrogen-bond acceptors (Lipinski definition) is 3. The molecule has 2 aromatic carbocycles. The van der Waals surface area contributed by atoms with E-state index in [2.05, 4.69) is 0 Å². The molecule has 0 aliphatic carbocycles. The van der Waals surface area contributed by atoms with Gasteiger partial charge in [0.15, 0.2) is 6.10 Å². The summed E-state index contributed by atoms with van der Waals surface area (Å²) in [5.41, 5.74) is 1.99. The second-order valence-corrected chi connectivity index (χ2v) is 4.69. The highest BCUT2D eigenvalue weighted by atomic mass is 16.5. The fourth-order valence-electron chi connectivity index (χ4n) is 2.18. The second-order valence-electron chi connectivity index (χ2n) is 4.69. The number of rotatable bonds is 4. The van der Waals surface area contributed by atoms with Crippen molar-refractivity contribution in [2.45, 2.75) is 19.1 Å². The minimum Gasteiger partial charge on any atom is -0.489 e. The molecule has 0 saturated carbocycles. The molecule has 102 valence electrons.